The van der Waals surface area contributed by atoms with Crippen LogP contribution in [-0.2, 0) is 23.2 Å². The molecule has 0 bridgehead atoms. The fourth-order valence-corrected chi connectivity index (χ4v) is 1.13. The highest BCUT2D eigenvalue weighted by molar-refractivity contribution is 5.76. The molecule has 0 radical (unpaired) electrons. The van der Waals surface area contributed by atoms with Crippen molar-refractivity contribution in [1.82, 2.24) is 20.1 Å². The summed E-state index contributed by atoms with van der Waals surface area (Å²) in [7, 11) is 1.78. The second kappa shape index (κ2) is 5.84. The molecule has 0 unspecified atom stereocenters. The molecule has 0 fully saturated rings. The molecule has 7 nitrogen and oxygen atoms in total. The van der Waals surface area contributed by atoms with E-state index in [0.29, 0.717) is 18.8 Å². The summed E-state index contributed by atoms with van der Waals surface area (Å²) in [6, 6.07) is 0. The van der Waals surface area contributed by atoms with Gasteiger partial charge in [-0.05, 0) is 6.42 Å². The smallest absolute Gasteiger partial charge is 0.303 e. The number of amides is 1. The second-order valence-electron chi connectivity index (χ2n) is 3.38. The standard InChI is InChI=1S/C9H14N4O3/c1-13-6-11-12-7(13)5-10-8(14)3-2-4-9(15)16/h6H,2-5H2,1H3,(H,10,14)(H,15,16). The van der Waals surface area contributed by atoms with Crippen molar-refractivity contribution < 1.29 is 14.7 Å². The molecule has 0 aliphatic heterocycles. The summed E-state index contributed by atoms with van der Waals surface area (Å²) in [4.78, 5) is 21.5. The van der Waals surface area contributed by atoms with Gasteiger partial charge in [-0.25, -0.2) is 0 Å². The number of aromatic nitrogens is 3. The average Bonchev–Trinajstić information content (AvgIpc) is 2.60. The molecule has 88 valence electrons. The van der Waals surface area contributed by atoms with Crippen LogP contribution in [0.2, 0.25) is 0 Å². The summed E-state index contributed by atoms with van der Waals surface area (Å²) < 4.78 is 1.71. The van der Waals surface area contributed by atoms with E-state index in [9.17, 15) is 9.59 Å². The first-order valence-corrected chi connectivity index (χ1v) is 4.91. The fourth-order valence-electron chi connectivity index (χ4n) is 1.13. The van der Waals surface area contributed by atoms with Crippen LogP contribution in [0.25, 0.3) is 0 Å². The van der Waals surface area contributed by atoms with Gasteiger partial charge in [0.05, 0.1) is 6.54 Å². The Kier molecular flexibility index (Phi) is 4.43. The Hall–Kier alpha value is -1.92. The monoisotopic (exact) mass is 226 g/mol. The number of hydrogen-bond acceptors (Lipinski definition) is 4. The van der Waals surface area contributed by atoms with Crippen molar-refractivity contribution in [2.75, 3.05) is 0 Å². The van der Waals surface area contributed by atoms with E-state index in [-0.39, 0.29) is 18.7 Å². The van der Waals surface area contributed by atoms with Gasteiger partial charge in [0.1, 0.15) is 6.33 Å². The number of nitrogens with zero attached hydrogens (tertiary/aromatic N) is 3. The summed E-state index contributed by atoms with van der Waals surface area (Å²) >= 11 is 0. The highest BCUT2D eigenvalue weighted by Crippen LogP contribution is 1.96. The summed E-state index contributed by atoms with van der Waals surface area (Å²) in [6.45, 7) is 0.308. The van der Waals surface area contributed by atoms with E-state index in [0.717, 1.165) is 0 Å². The van der Waals surface area contributed by atoms with Gasteiger partial charge in [0.2, 0.25) is 5.91 Å². The maximum Gasteiger partial charge on any atom is 0.303 e. The predicted octanol–water partition coefficient (Wildman–Crippen LogP) is -0.314. The second-order valence-corrected chi connectivity index (χ2v) is 3.38. The van der Waals surface area contributed by atoms with Crippen LogP contribution in [0.1, 0.15) is 25.1 Å². The molecule has 0 saturated heterocycles. The van der Waals surface area contributed by atoms with Gasteiger partial charge in [0.25, 0.3) is 0 Å². The molecular weight excluding hydrogens is 212 g/mol. The molecule has 2 N–H and O–H groups in total. The number of aryl methyl sites for hydroxylation is 1. The summed E-state index contributed by atoms with van der Waals surface area (Å²) in [5.74, 6) is -0.406. The van der Waals surface area contributed by atoms with Crippen molar-refractivity contribution in [3.05, 3.63) is 12.2 Å². The third-order valence-corrected chi connectivity index (χ3v) is 2.04. The number of nitrogens with one attached hydrogen (secondary N) is 1. The zero-order chi connectivity index (χ0) is 12.0. The molecule has 7 heteroatoms. The lowest BCUT2D eigenvalue weighted by molar-refractivity contribution is -0.137. The van der Waals surface area contributed by atoms with Gasteiger partial charge in [-0.2, -0.15) is 0 Å². The zero-order valence-electron chi connectivity index (χ0n) is 9.01. The first-order valence-electron chi connectivity index (χ1n) is 4.91. The lowest BCUT2D eigenvalue weighted by Gasteiger charge is -2.03. The number of rotatable bonds is 6. The highest BCUT2D eigenvalue weighted by Gasteiger charge is 2.05. The van der Waals surface area contributed by atoms with Gasteiger partial charge in [-0.1, -0.05) is 0 Å². The zero-order valence-corrected chi connectivity index (χ0v) is 9.01. The molecule has 0 saturated carbocycles. The van der Waals surface area contributed by atoms with Crippen LogP contribution < -0.4 is 5.32 Å². The van der Waals surface area contributed by atoms with Gasteiger partial charge < -0.3 is 15.0 Å². The molecule has 1 heterocycles. The third-order valence-electron chi connectivity index (χ3n) is 2.04. The van der Waals surface area contributed by atoms with E-state index >= 15 is 0 Å². The molecular formula is C9H14N4O3. The van der Waals surface area contributed by atoms with Gasteiger partial charge in [0.15, 0.2) is 5.82 Å². The fraction of sp³-hybridized carbons (Fsp3) is 0.556. The normalized spacial score (nSPS) is 10.1. The number of carbonyl (C=O) groups is 2. The first kappa shape index (κ1) is 12.2. The quantitative estimate of drug-likeness (QED) is 0.693. The van der Waals surface area contributed by atoms with Crippen molar-refractivity contribution in [3.8, 4) is 0 Å². The Morgan fingerprint density at radius 2 is 2.25 bits per heavy atom. The van der Waals surface area contributed by atoms with Crippen LogP contribution in [0.15, 0.2) is 6.33 Å². The van der Waals surface area contributed by atoms with Gasteiger partial charge in [-0.3, -0.25) is 9.59 Å². The minimum atomic E-state index is -0.888. The lowest BCUT2D eigenvalue weighted by atomic mass is 10.2. The number of carboxylic acids is 1. The van der Waals surface area contributed by atoms with Crippen LogP contribution in [0, 0.1) is 0 Å². The van der Waals surface area contributed by atoms with E-state index in [1.54, 1.807) is 17.9 Å². The summed E-state index contributed by atoms with van der Waals surface area (Å²) in [6.07, 6.45) is 2.12. The van der Waals surface area contributed by atoms with Gasteiger partial charge in [0, 0.05) is 19.9 Å². The number of carbonyl (C=O) groups excluding carboxylic acids is 1. The van der Waals surface area contributed by atoms with Crippen LogP contribution in [0.4, 0.5) is 0 Å². The Bertz CT molecular complexity index is 375. The SMILES string of the molecule is Cn1cnnc1CNC(=O)CCCC(=O)O. The number of aliphatic carboxylic acids is 1. The Morgan fingerprint density at radius 1 is 1.50 bits per heavy atom. The molecule has 0 atom stereocenters. The van der Waals surface area contributed by atoms with Gasteiger partial charge in [-0.15, -0.1) is 10.2 Å². The van der Waals surface area contributed by atoms with Crippen LogP contribution >= 0.6 is 0 Å². The van der Waals surface area contributed by atoms with E-state index in [4.69, 9.17) is 5.11 Å². The summed E-state index contributed by atoms with van der Waals surface area (Å²) in [5, 5.41) is 18.5. The maximum absolute atomic E-state index is 11.3. The van der Waals surface area contributed by atoms with Crippen molar-refractivity contribution in [2.24, 2.45) is 7.05 Å². The predicted molar refractivity (Wildman–Crippen MR) is 54.3 cm³/mol. The van der Waals surface area contributed by atoms with Crippen molar-refractivity contribution in [3.63, 3.8) is 0 Å². The number of hydrogen-bond donors (Lipinski definition) is 2. The van der Waals surface area contributed by atoms with E-state index < -0.39 is 5.97 Å². The molecule has 1 aromatic heterocycles. The van der Waals surface area contributed by atoms with Crippen molar-refractivity contribution >= 4 is 11.9 Å². The molecule has 0 aliphatic rings. The Labute approximate surface area is 92.5 Å². The maximum atomic E-state index is 11.3. The minimum Gasteiger partial charge on any atom is -0.481 e. The summed E-state index contributed by atoms with van der Waals surface area (Å²) in [5.41, 5.74) is 0. The highest BCUT2D eigenvalue weighted by atomic mass is 16.4. The lowest BCUT2D eigenvalue weighted by Crippen LogP contribution is -2.24. The minimum absolute atomic E-state index is 0.0113. The van der Waals surface area contributed by atoms with Gasteiger partial charge >= 0.3 is 5.97 Å². The molecule has 0 aromatic carbocycles. The van der Waals surface area contributed by atoms with E-state index in [2.05, 4.69) is 15.5 Å². The largest absolute Gasteiger partial charge is 0.481 e. The molecule has 1 aromatic rings. The van der Waals surface area contributed by atoms with E-state index in [1.807, 2.05) is 0 Å². The van der Waals surface area contributed by atoms with Crippen LogP contribution in [0.3, 0.4) is 0 Å². The first-order chi connectivity index (χ1) is 7.59. The molecule has 0 spiro atoms. The topological polar surface area (TPSA) is 97.1 Å². The molecule has 0 aliphatic carbocycles. The number of carboxylic acid groups (broad SMARTS) is 1. The molecule has 16 heavy (non-hydrogen) atoms. The average molecular weight is 226 g/mol. The van der Waals surface area contributed by atoms with Crippen molar-refractivity contribution in [1.29, 1.82) is 0 Å². The van der Waals surface area contributed by atoms with Crippen LogP contribution in [-0.4, -0.2) is 31.7 Å². The van der Waals surface area contributed by atoms with E-state index in [1.165, 1.54) is 0 Å². The molecule has 1 amide bonds. The Morgan fingerprint density at radius 3 is 2.81 bits per heavy atom. The van der Waals surface area contributed by atoms with Crippen LogP contribution in [0.5, 0.6) is 0 Å². The Balaban J connectivity index is 2.20. The third kappa shape index (κ3) is 4.07. The van der Waals surface area contributed by atoms with Crippen molar-refractivity contribution in [2.45, 2.75) is 25.8 Å². The molecule has 1 rings (SSSR count).